The van der Waals surface area contributed by atoms with Crippen LogP contribution in [0.25, 0.3) is 0 Å². The molecule has 24 heavy (non-hydrogen) atoms. The van der Waals surface area contributed by atoms with Crippen molar-refractivity contribution in [3.8, 4) is 5.88 Å². The molecule has 2 heterocycles. The SMILES string of the molecule is Cc1nonc1OCCNC(=O)c1csc(Cc2ccccc2)n1. The lowest BCUT2D eigenvalue weighted by Crippen LogP contribution is -2.28. The summed E-state index contributed by atoms with van der Waals surface area (Å²) in [6.45, 7) is 2.35. The molecule has 0 radical (unpaired) electrons. The zero-order chi connectivity index (χ0) is 16.8. The Morgan fingerprint density at radius 1 is 1.29 bits per heavy atom. The molecule has 0 saturated heterocycles. The highest BCUT2D eigenvalue weighted by Crippen LogP contribution is 2.14. The number of hydrogen-bond acceptors (Lipinski definition) is 7. The van der Waals surface area contributed by atoms with Crippen molar-refractivity contribution in [1.29, 1.82) is 0 Å². The van der Waals surface area contributed by atoms with Gasteiger partial charge in [0.2, 0.25) is 0 Å². The number of carbonyl (C=O) groups is 1. The van der Waals surface area contributed by atoms with Crippen molar-refractivity contribution in [2.75, 3.05) is 13.2 Å². The van der Waals surface area contributed by atoms with Crippen LogP contribution in [0, 0.1) is 6.92 Å². The number of carbonyl (C=O) groups excluding carboxylic acids is 1. The van der Waals surface area contributed by atoms with E-state index in [1.54, 1.807) is 12.3 Å². The second-order valence-electron chi connectivity index (χ2n) is 5.05. The van der Waals surface area contributed by atoms with Gasteiger partial charge in [-0.2, -0.15) is 0 Å². The highest BCUT2D eigenvalue weighted by Gasteiger charge is 2.11. The third kappa shape index (κ3) is 4.17. The molecule has 124 valence electrons. The molecule has 0 aliphatic rings. The van der Waals surface area contributed by atoms with Gasteiger partial charge in [0.05, 0.1) is 11.6 Å². The highest BCUT2D eigenvalue weighted by molar-refractivity contribution is 7.09. The topological polar surface area (TPSA) is 90.1 Å². The number of thiazole rings is 1. The van der Waals surface area contributed by atoms with Crippen LogP contribution in [0.3, 0.4) is 0 Å². The van der Waals surface area contributed by atoms with Crippen LogP contribution in [0.1, 0.15) is 26.8 Å². The summed E-state index contributed by atoms with van der Waals surface area (Å²) in [6.07, 6.45) is 0.723. The molecule has 0 saturated carbocycles. The van der Waals surface area contributed by atoms with Gasteiger partial charge in [0.15, 0.2) is 0 Å². The molecule has 0 bridgehead atoms. The molecule has 0 unspecified atom stereocenters. The Kier molecular flexibility index (Phi) is 5.17. The Morgan fingerprint density at radius 3 is 2.88 bits per heavy atom. The quantitative estimate of drug-likeness (QED) is 0.661. The summed E-state index contributed by atoms with van der Waals surface area (Å²) in [5.41, 5.74) is 2.17. The number of aryl methyl sites for hydroxylation is 1. The smallest absolute Gasteiger partial charge is 0.278 e. The van der Waals surface area contributed by atoms with E-state index in [1.807, 2.05) is 30.3 Å². The molecule has 0 spiro atoms. The Labute approximate surface area is 142 Å². The second kappa shape index (κ2) is 7.69. The van der Waals surface area contributed by atoms with Gasteiger partial charge in [0, 0.05) is 11.8 Å². The largest absolute Gasteiger partial charge is 0.472 e. The van der Waals surface area contributed by atoms with E-state index < -0.39 is 0 Å². The lowest BCUT2D eigenvalue weighted by atomic mass is 10.2. The molecular formula is C16H16N4O3S. The lowest BCUT2D eigenvalue weighted by molar-refractivity contribution is 0.0941. The first-order valence-corrected chi connectivity index (χ1v) is 8.29. The van der Waals surface area contributed by atoms with Gasteiger partial charge in [-0.1, -0.05) is 35.5 Å². The maximum Gasteiger partial charge on any atom is 0.278 e. The minimum atomic E-state index is -0.218. The molecule has 0 aliphatic heterocycles. The van der Waals surface area contributed by atoms with Gasteiger partial charge in [-0.15, -0.1) is 11.3 Å². The molecule has 3 rings (SSSR count). The van der Waals surface area contributed by atoms with Crippen LogP contribution in [0.15, 0.2) is 40.3 Å². The minimum Gasteiger partial charge on any atom is -0.472 e. The van der Waals surface area contributed by atoms with Gasteiger partial charge >= 0.3 is 0 Å². The van der Waals surface area contributed by atoms with E-state index in [-0.39, 0.29) is 12.5 Å². The van der Waals surface area contributed by atoms with Crippen molar-refractivity contribution in [2.24, 2.45) is 0 Å². The van der Waals surface area contributed by atoms with Crippen LogP contribution in [0.5, 0.6) is 5.88 Å². The van der Waals surface area contributed by atoms with Gasteiger partial charge < -0.3 is 10.1 Å². The first-order chi connectivity index (χ1) is 11.7. The fourth-order valence-corrected chi connectivity index (χ4v) is 2.83. The molecule has 3 aromatic rings. The lowest BCUT2D eigenvalue weighted by Gasteiger charge is -2.04. The number of ether oxygens (including phenoxy) is 1. The number of amides is 1. The fraction of sp³-hybridized carbons (Fsp3) is 0.250. The Balaban J connectivity index is 1.46. The molecule has 0 atom stereocenters. The summed E-state index contributed by atoms with van der Waals surface area (Å²) >= 11 is 1.48. The zero-order valence-corrected chi connectivity index (χ0v) is 13.9. The third-order valence-corrected chi connectivity index (χ3v) is 4.07. The minimum absolute atomic E-state index is 0.218. The van der Waals surface area contributed by atoms with E-state index in [0.29, 0.717) is 23.8 Å². The van der Waals surface area contributed by atoms with E-state index in [9.17, 15) is 4.79 Å². The maximum atomic E-state index is 12.1. The molecule has 0 aliphatic carbocycles. The molecule has 1 aromatic carbocycles. The first kappa shape index (κ1) is 16.1. The number of nitrogens with zero attached hydrogens (tertiary/aromatic N) is 3. The summed E-state index contributed by atoms with van der Waals surface area (Å²) < 4.78 is 9.87. The molecule has 2 aromatic heterocycles. The van der Waals surface area contributed by atoms with Crippen LogP contribution < -0.4 is 10.1 Å². The Bertz CT molecular complexity index is 801. The van der Waals surface area contributed by atoms with Crippen LogP contribution in [-0.4, -0.2) is 34.4 Å². The summed E-state index contributed by atoms with van der Waals surface area (Å²) in [5.74, 6) is 0.118. The normalized spacial score (nSPS) is 10.5. The first-order valence-electron chi connectivity index (χ1n) is 7.41. The van der Waals surface area contributed by atoms with Gasteiger partial charge in [0.25, 0.3) is 11.8 Å². The molecule has 7 nitrogen and oxygen atoms in total. The van der Waals surface area contributed by atoms with Crippen LogP contribution in [0.2, 0.25) is 0 Å². The fourth-order valence-electron chi connectivity index (χ4n) is 2.02. The highest BCUT2D eigenvalue weighted by atomic mass is 32.1. The van der Waals surface area contributed by atoms with Gasteiger partial charge in [-0.05, 0) is 17.6 Å². The predicted octanol–water partition coefficient (Wildman–Crippen LogP) is 2.23. The third-order valence-electron chi connectivity index (χ3n) is 3.22. The van der Waals surface area contributed by atoms with Crippen LogP contribution in [-0.2, 0) is 6.42 Å². The van der Waals surface area contributed by atoms with E-state index in [2.05, 4.69) is 25.2 Å². The van der Waals surface area contributed by atoms with Crippen LogP contribution >= 0.6 is 11.3 Å². The van der Waals surface area contributed by atoms with Crippen LogP contribution in [0.4, 0.5) is 0 Å². The van der Waals surface area contributed by atoms with Gasteiger partial charge in [-0.25, -0.2) is 9.61 Å². The molecular weight excluding hydrogens is 328 g/mol. The summed E-state index contributed by atoms with van der Waals surface area (Å²) in [5, 5.41) is 12.6. The monoisotopic (exact) mass is 344 g/mol. The van der Waals surface area contributed by atoms with E-state index >= 15 is 0 Å². The molecule has 8 heteroatoms. The predicted molar refractivity (Wildman–Crippen MR) is 88.2 cm³/mol. The van der Waals surface area contributed by atoms with Crippen molar-refractivity contribution in [1.82, 2.24) is 20.6 Å². The number of hydrogen-bond donors (Lipinski definition) is 1. The maximum absolute atomic E-state index is 12.1. The summed E-state index contributed by atoms with van der Waals surface area (Å²) in [4.78, 5) is 16.4. The van der Waals surface area contributed by atoms with Crippen molar-refractivity contribution in [2.45, 2.75) is 13.3 Å². The van der Waals surface area contributed by atoms with E-state index in [4.69, 9.17) is 4.74 Å². The zero-order valence-electron chi connectivity index (χ0n) is 13.1. The van der Waals surface area contributed by atoms with Gasteiger partial charge in [0.1, 0.15) is 18.0 Å². The average Bonchev–Trinajstić information content (AvgIpc) is 3.22. The second-order valence-corrected chi connectivity index (χ2v) is 5.99. The summed E-state index contributed by atoms with van der Waals surface area (Å²) in [7, 11) is 0. The van der Waals surface area contributed by atoms with E-state index in [1.165, 1.54) is 16.9 Å². The molecule has 1 amide bonds. The van der Waals surface area contributed by atoms with Crippen molar-refractivity contribution in [3.63, 3.8) is 0 Å². The number of aromatic nitrogens is 3. The number of benzene rings is 1. The van der Waals surface area contributed by atoms with Crippen molar-refractivity contribution < 1.29 is 14.2 Å². The summed E-state index contributed by atoms with van der Waals surface area (Å²) in [6, 6.07) is 10.0. The van der Waals surface area contributed by atoms with Gasteiger partial charge in [-0.3, -0.25) is 4.79 Å². The Morgan fingerprint density at radius 2 is 2.12 bits per heavy atom. The number of rotatable bonds is 7. The number of nitrogens with one attached hydrogen (secondary N) is 1. The molecule has 0 fully saturated rings. The average molecular weight is 344 g/mol. The van der Waals surface area contributed by atoms with Crippen molar-refractivity contribution in [3.05, 3.63) is 57.7 Å². The Hall–Kier alpha value is -2.74. The standard InChI is InChI=1S/C16H16N4O3S/c1-11-16(20-23-19-11)22-8-7-17-15(21)13-10-24-14(18-13)9-12-5-3-2-4-6-12/h2-6,10H,7-9H2,1H3,(H,17,21). The van der Waals surface area contributed by atoms with Crippen molar-refractivity contribution >= 4 is 17.2 Å². The van der Waals surface area contributed by atoms with E-state index in [0.717, 1.165) is 11.4 Å². The molecule has 1 N–H and O–H groups in total.